The molecule has 0 atom stereocenters. The third-order valence-electron chi connectivity index (χ3n) is 4.31. The Bertz CT molecular complexity index is 988. The largest absolute Gasteiger partial charge is 0.494 e. The zero-order valence-corrected chi connectivity index (χ0v) is 17.7. The van der Waals surface area contributed by atoms with E-state index >= 15 is 0 Å². The highest BCUT2D eigenvalue weighted by atomic mass is 79.9. The number of halogens is 1. The Hall–Kier alpha value is -2.86. The van der Waals surface area contributed by atoms with Crippen molar-refractivity contribution in [3.05, 3.63) is 81.6 Å². The number of aryl methyl sites for hydroxylation is 2. The number of hydrogen-bond donors (Lipinski definition) is 1. The van der Waals surface area contributed by atoms with E-state index in [-0.39, 0.29) is 5.91 Å². The van der Waals surface area contributed by atoms with Crippen LogP contribution in [0.5, 0.6) is 5.75 Å². The van der Waals surface area contributed by atoms with Crippen LogP contribution in [0.25, 0.3) is 5.69 Å². The summed E-state index contributed by atoms with van der Waals surface area (Å²) in [4.78, 5) is 12.4. The number of carbonyl (C=O) groups is 1. The van der Waals surface area contributed by atoms with E-state index in [4.69, 9.17) is 4.74 Å². The van der Waals surface area contributed by atoms with Gasteiger partial charge in [-0.25, -0.2) is 5.43 Å². The fourth-order valence-corrected chi connectivity index (χ4v) is 3.29. The summed E-state index contributed by atoms with van der Waals surface area (Å²) in [5.41, 5.74) is 7.26. The monoisotopic (exact) mass is 439 g/mol. The molecule has 0 bridgehead atoms. The maximum atomic E-state index is 12.4. The molecule has 1 amide bonds. The SMILES string of the molecule is CCOc1ccc(Br)c(/C=N/NC(=O)c2ccc(-n3c(C)ccc3C)cc2)c1. The van der Waals surface area contributed by atoms with Gasteiger partial charge in [0.15, 0.2) is 0 Å². The highest BCUT2D eigenvalue weighted by Crippen LogP contribution is 2.21. The van der Waals surface area contributed by atoms with E-state index in [1.54, 1.807) is 18.3 Å². The minimum absolute atomic E-state index is 0.263. The predicted molar refractivity (Wildman–Crippen MR) is 116 cm³/mol. The van der Waals surface area contributed by atoms with Gasteiger partial charge in [0.25, 0.3) is 5.91 Å². The second-order valence-corrected chi connectivity index (χ2v) is 7.17. The molecule has 6 heteroatoms. The molecule has 0 aliphatic rings. The summed E-state index contributed by atoms with van der Waals surface area (Å²) < 4.78 is 8.50. The molecule has 28 heavy (non-hydrogen) atoms. The average Bonchev–Trinajstić information content (AvgIpc) is 3.03. The minimum atomic E-state index is -0.263. The van der Waals surface area contributed by atoms with E-state index < -0.39 is 0 Å². The summed E-state index contributed by atoms with van der Waals surface area (Å²) in [5, 5.41) is 4.07. The predicted octanol–water partition coefficient (Wildman–Crippen LogP) is 5.02. The van der Waals surface area contributed by atoms with Crippen molar-refractivity contribution in [2.75, 3.05) is 6.61 Å². The van der Waals surface area contributed by atoms with Crippen LogP contribution in [0, 0.1) is 13.8 Å². The summed E-state index contributed by atoms with van der Waals surface area (Å²) in [5.74, 6) is 0.491. The summed E-state index contributed by atoms with van der Waals surface area (Å²) in [6, 6.07) is 17.2. The number of rotatable bonds is 6. The summed E-state index contributed by atoms with van der Waals surface area (Å²) in [6.07, 6.45) is 1.59. The zero-order chi connectivity index (χ0) is 20.1. The molecule has 3 rings (SSSR count). The number of ether oxygens (including phenoxy) is 1. The lowest BCUT2D eigenvalue weighted by Crippen LogP contribution is -2.17. The lowest BCUT2D eigenvalue weighted by Gasteiger charge is -2.10. The fourth-order valence-electron chi connectivity index (χ4n) is 2.94. The first-order chi connectivity index (χ1) is 13.5. The van der Waals surface area contributed by atoms with E-state index in [9.17, 15) is 4.79 Å². The summed E-state index contributed by atoms with van der Waals surface area (Å²) in [7, 11) is 0. The summed E-state index contributed by atoms with van der Waals surface area (Å²) in [6.45, 7) is 6.63. The number of benzene rings is 2. The van der Waals surface area contributed by atoms with Crippen molar-refractivity contribution < 1.29 is 9.53 Å². The van der Waals surface area contributed by atoms with E-state index in [0.717, 1.165) is 32.9 Å². The van der Waals surface area contributed by atoms with Gasteiger partial charge in [-0.2, -0.15) is 5.10 Å². The highest BCUT2D eigenvalue weighted by Gasteiger charge is 2.07. The molecule has 0 aliphatic heterocycles. The zero-order valence-electron chi connectivity index (χ0n) is 16.1. The molecule has 1 N–H and O–H groups in total. The lowest BCUT2D eigenvalue weighted by molar-refractivity contribution is 0.0955. The molecule has 0 saturated heterocycles. The van der Waals surface area contributed by atoms with Gasteiger partial charge < -0.3 is 9.30 Å². The van der Waals surface area contributed by atoms with Crippen molar-refractivity contribution in [2.45, 2.75) is 20.8 Å². The summed E-state index contributed by atoms with van der Waals surface area (Å²) >= 11 is 3.47. The van der Waals surface area contributed by atoms with Crippen molar-refractivity contribution in [3.63, 3.8) is 0 Å². The van der Waals surface area contributed by atoms with Crippen LogP contribution in [0.2, 0.25) is 0 Å². The van der Waals surface area contributed by atoms with Crippen LogP contribution >= 0.6 is 15.9 Å². The molecule has 0 spiro atoms. The Morgan fingerprint density at radius 3 is 2.43 bits per heavy atom. The number of aromatic nitrogens is 1. The maximum absolute atomic E-state index is 12.4. The number of carbonyl (C=O) groups excluding carboxylic acids is 1. The molecule has 0 unspecified atom stereocenters. The molecule has 0 aliphatic carbocycles. The van der Waals surface area contributed by atoms with Crippen molar-refractivity contribution >= 4 is 28.1 Å². The number of nitrogens with zero attached hydrogens (tertiary/aromatic N) is 2. The number of amides is 1. The topological polar surface area (TPSA) is 55.6 Å². The molecule has 1 aromatic heterocycles. The second-order valence-electron chi connectivity index (χ2n) is 6.31. The van der Waals surface area contributed by atoms with Crippen LogP contribution in [-0.4, -0.2) is 23.3 Å². The van der Waals surface area contributed by atoms with Crippen molar-refractivity contribution in [3.8, 4) is 11.4 Å². The van der Waals surface area contributed by atoms with Gasteiger partial charge in [0.05, 0.1) is 12.8 Å². The van der Waals surface area contributed by atoms with Gasteiger partial charge in [-0.1, -0.05) is 15.9 Å². The average molecular weight is 440 g/mol. The van der Waals surface area contributed by atoms with E-state index in [1.807, 2.05) is 37.3 Å². The van der Waals surface area contributed by atoms with Crippen LogP contribution in [-0.2, 0) is 0 Å². The highest BCUT2D eigenvalue weighted by molar-refractivity contribution is 9.10. The molecule has 2 aromatic carbocycles. The van der Waals surface area contributed by atoms with Gasteiger partial charge in [-0.05, 0) is 75.4 Å². The van der Waals surface area contributed by atoms with Crippen LogP contribution in [0.3, 0.4) is 0 Å². The number of hydrogen-bond acceptors (Lipinski definition) is 3. The van der Waals surface area contributed by atoms with Gasteiger partial charge in [0.2, 0.25) is 0 Å². The minimum Gasteiger partial charge on any atom is -0.494 e. The van der Waals surface area contributed by atoms with E-state index in [2.05, 4.69) is 57.0 Å². The smallest absolute Gasteiger partial charge is 0.271 e. The van der Waals surface area contributed by atoms with Crippen molar-refractivity contribution in [1.82, 2.24) is 9.99 Å². The van der Waals surface area contributed by atoms with Gasteiger partial charge >= 0.3 is 0 Å². The van der Waals surface area contributed by atoms with Gasteiger partial charge in [-0.15, -0.1) is 0 Å². The first-order valence-electron chi connectivity index (χ1n) is 9.00. The Morgan fingerprint density at radius 2 is 1.79 bits per heavy atom. The first kappa shape index (κ1) is 19.9. The normalized spacial score (nSPS) is 11.0. The number of hydrazone groups is 1. The molecule has 1 heterocycles. The standard InChI is InChI=1S/C22H22BrN3O2/c1-4-28-20-11-12-21(23)18(13-20)14-24-25-22(27)17-7-9-19(10-8-17)26-15(2)5-6-16(26)3/h5-14H,4H2,1-3H3,(H,25,27)/b24-14+. The van der Waals surface area contributed by atoms with Gasteiger partial charge in [-0.3, -0.25) is 4.79 Å². The quantitative estimate of drug-likeness (QED) is 0.432. The Balaban J connectivity index is 1.68. The van der Waals surface area contributed by atoms with Crippen LogP contribution in [0.1, 0.15) is 34.2 Å². The Labute approximate surface area is 173 Å². The Morgan fingerprint density at radius 1 is 1.11 bits per heavy atom. The second kappa shape index (κ2) is 8.89. The first-order valence-corrected chi connectivity index (χ1v) is 9.80. The van der Waals surface area contributed by atoms with Crippen LogP contribution < -0.4 is 10.2 Å². The van der Waals surface area contributed by atoms with Crippen LogP contribution in [0.4, 0.5) is 0 Å². The van der Waals surface area contributed by atoms with E-state index in [0.29, 0.717) is 12.2 Å². The van der Waals surface area contributed by atoms with Crippen molar-refractivity contribution in [2.24, 2.45) is 5.10 Å². The third kappa shape index (κ3) is 4.51. The van der Waals surface area contributed by atoms with Crippen LogP contribution in [0.15, 0.2) is 64.2 Å². The molecule has 0 saturated carbocycles. The molecule has 0 fully saturated rings. The molecular weight excluding hydrogens is 418 g/mol. The van der Waals surface area contributed by atoms with Gasteiger partial charge in [0.1, 0.15) is 5.75 Å². The molecule has 3 aromatic rings. The molecule has 5 nitrogen and oxygen atoms in total. The molecular formula is C22H22BrN3O2. The van der Waals surface area contributed by atoms with Crippen molar-refractivity contribution in [1.29, 1.82) is 0 Å². The molecule has 144 valence electrons. The maximum Gasteiger partial charge on any atom is 0.271 e. The number of nitrogens with one attached hydrogen (secondary N) is 1. The Kier molecular flexibility index (Phi) is 6.31. The van der Waals surface area contributed by atoms with Gasteiger partial charge in [0, 0.05) is 32.7 Å². The fraction of sp³-hybridized carbons (Fsp3) is 0.182. The third-order valence-corrected chi connectivity index (χ3v) is 5.03. The van der Waals surface area contributed by atoms with E-state index in [1.165, 1.54) is 0 Å². The molecule has 0 radical (unpaired) electrons. The lowest BCUT2D eigenvalue weighted by atomic mass is 10.2.